The van der Waals surface area contributed by atoms with Gasteiger partial charge in [0.05, 0.1) is 18.7 Å². The molecule has 1 saturated heterocycles. The molecule has 23 heavy (non-hydrogen) atoms. The number of carbonyl (C=O) groups is 1. The number of anilines is 1. The molecule has 1 aliphatic rings. The van der Waals surface area contributed by atoms with Gasteiger partial charge in [-0.3, -0.25) is 9.78 Å². The number of furan rings is 1. The lowest BCUT2D eigenvalue weighted by molar-refractivity contribution is 0.0713. The number of nitrogens with zero attached hydrogens (tertiary/aromatic N) is 6. The summed E-state index contributed by atoms with van der Waals surface area (Å²) in [5.41, 5.74) is 1.58. The normalized spacial score (nSPS) is 15.3. The number of fused-ring (bicyclic) bond motifs is 1. The van der Waals surface area contributed by atoms with Crippen LogP contribution in [-0.4, -0.2) is 56.6 Å². The van der Waals surface area contributed by atoms with Crippen molar-refractivity contribution in [1.29, 1.82) is 0 Å². The van der Waals surface area contributed by atoms with Crippen molar-refractivity contribution in [3.63, 3.8) is 0 Å². The van der Waals surface area contributed by atoms with Crippen LogP contribution in [0.25, 0.3) is 5.65 Å². The minimum absolute atomic E-state index is 0.0516. The van der Waals surface area contributed by atoms with Gasteiger partial charge in [0, 0.05) is 31.7 Å². The van der Waals surface area contributed by atoms with Gasteiger partial charge in [-0.15, -0.1) is 0 Å². The van der Waals surface area contributed by atoms with E-state index in [0.717, 1.165) is 11.4 Å². The predicted octanol–water partition coefficient (Wildman–Crippen LogP) is 0.988. The molecule has 0 radical (unpaired) electrons. The lowest BCUT2D eigenvalue weighted by Gasteiger charge is -2.35. The van der Waals surface area contributed by atoms with E-state index in [9.17, 15) is 4.79 Å². The van der Waals surface area contributed by atoms with Crippen LogP contribution in [0.2, 0.25) is 0 Å². The van der Waals surface area contributed by atoms with Gasteiger partial charge >= 0.3 is 0 Å². The van der Waals surface area contributed by atoms with Crippen LogP contribution in [-0.2, 0) is 0 Å². The third-order valence-electron chi connectivity index (χ3n) is 4.12. The van der Waals surface area contributed by atoms with Crippen LogP contribution in [0.3, 0.4) is 0 Å². The highest BCUT2D eigenvalue weighted by Crippen LogP contribution is 2.18. The molecule has 0 N–H and O–H groups in total. The summed E-state index contributed by atoms with van der Waals surface area (Å²) in [7, 11) is 0. The Morgan fingerprint density at radius 1 is 1.22 bits per heavy atom. The Bertz CT molecular complexity index is 846. The molecule has 4 heterocycles. The molecule has 118 valence electrons. The van der Waals surface area contributed by atoms with E-state index in [1.807, 2.05) is 11.8 Å². The maximum atomic E-state index is 12.5. The first-order valence-electron chi connectivity index (χ1n) is 7.46. The molecular formula is C15H16N6O2. The van der Waals surface area contributed by atoms with Gasteiger partial charge in [-0.1, -0.05) is 0 Å². The Morgan fingerprint density at radius 2 is 2.04 bits per heavy atom. The molecule has 0 atom stereocenters. The van der Waals surface area contributed by atoms with Crippen LogP contribution < -0.4 is 4.90 Å². The smallest absolute Gasteiger partial charge is 0.289 e. The molecule has 1 fully saturated rings. The third kappa shape index (κ3) is 2.32. The van der Waals surface area contributed by atoms with Crippen LogP contribution >= 0.6 is 0 Å². The zero-order valence-electron chi connectivity index (χ0n) is 12.7. The molecule has 8 nitrogen and oxygen atoms in total. The first-order chi connectivity index (χ1) is 11.2. The Hall–Kier alpha value is -2.90. The molecule has 0 unspecified atom stereocenters. The molecule has 1 amide bonds. The SMILES string of the molecule is Cc1ccoc1C(=O)N1CCN(c2cncc3ncnn23)CC1. The zero-order valence-corrected chi connectivity index (χ0v) is 12.7. The zero-order chi connectivity index (χ0) is 15.8. The Kier molecular flexibility index (Phi) is 3.22. The van der Waals surface area contributed by atoms with E-state index in [-0.39, 0.29) is 5.91 Å². The van der Waals surface area contributed by atoms with Crippen molar-refractivity contribution in [3.8, 4) is 0 Å². The fourth-order valence-corrected chi connectivity index (χ4v) is 2.83. The average Bonchev–Trinajstić information content (AvgIpc) is 3.22. The fourth-order valence-electron chi connectivity index (χ4n) is 2.83. The average molecular weight is 312 g/mol. The molecule has 4 rings (SSSR count). The quantitative estimate of drug-likeness (QED) is 0.702. The molecule has 0 bridgehead atoms. The van der Waals surface area contributed by atoms with E-state index >= 15 is 0 Å². The van der Waals surface area contributed by atoms with E-state index in [2.05, 4.69) is 20.0 Å². The second kappa shape index (κ2) is 5.38. The highest BCUT2D eigenvalue weighted by atomic mass is 16.3. The van der Waals surface area contributed by atoms with Gasteiger partial charge in [-0.2, -0.15) is 9.61 Å². The fraction of sp³-hybridized carbons (Fsp3) is 0.333. The van der Waals surface area contributed by atoms with Gasteiger partial charge in [-0.05, 0) is 13.0 Å². The molecular weight excluding hydrogens is 296 g/mol. The van der Waals surface area contributed by atoms with Crippen molar-refractivity contribution in [1.82, 2.24) is 24.5 Å². The summed E-state index contributed by atoms with van der Waals surface area (Å²) in [6.07, 6.45) is 6.52. The van der Waals surface area contributed by atoms with E-state index in [0.29, 0.717) is 37.6 Å². The minimum atomic E-state index is -0.0516. The molecule has 0 spiro atoms. The largest absolute Gasteiger partial charge is 0.459 e. The number of amides is 1. The molecule has 8 heteroatoms. The highest BCUT2D eigenvalue weighted by Gasteiger charge is 2.26. The topological polar surface area (TPSA) is 79.8 Å². The van der Waals surface area contributed by atoms with E-state index in [1.165, 1.54) is 6.33 Å². The number of hydrogen-bond donors (Lipinski definition) is 0. The van der Waals surface area contributed by atoms with E-state index in [4.69, 9.17) is 4.42 Å². The third-order valence-corrected chi connectivity index (χ3v) is 4.12. The van der Waals surface area contributed by atoms with Crippen LogP contribution in [0, 0.1) is 6.92 Å². The summed E-state index contributed by atoms with van der Waals surface area (Å²) in [5.74, 6) is 1.27. The number of rotatable bonds is 2. The van der Waals surface area contributed by atoms with Crippen LogP contribution in [0.15, 0.2) is 35.5 Å². The molecule has 0 aromatic carbocycles. The number of hydrogen-bond acceptors (Lipinski definition) is 6. The Morgan fingerprint density at radius 3 is 2.78 bits per heavy atom. The molecule has 0 aliphatic carbocycles. The van der Waals surface area contributed by atoms with Crippen molar-refractivity contribution < 1.29 is 9.21 Å². The molecule has 1 aliphatic heterocycles. The molecule has 3 aromatic rings. The van der Waals surface area contributed by atoms with Gasteiger partial charge in [0.2, 0.25) is 0 Å². The monoisotopic (exact) mass is 312 g/mol. The number of piperazine rings is 1. The number of aromatic nitrogens is 4. The van der Waals surface area contributed by atoms with Crippen molar-refractivity contribution in [2.24, 2.45) is 0 Å². The van der Waals surface area contributed by atoms with Crippen molar-refractivity contribution in [2.75, 3.05) is 31.1 Å². The maximum Gasteiger partial charge on any atom is 0.289 e. The predicted molar refractivity (Wildman–Crippen MR) is 82.3 cm³/mol. The van der Waals surface area contributed by atoms with E-state index in [1.54, 1.807) is 29.2 Å². The van der Waals surface area contributed by atoms with Gasteiger partial charge < -0.3 is 14.2 Å². The summed E-state index contributed by atoms with van der Waals surface area (Å²) in [5, 5.41) is 4.23. The summed E-state index contributed by atoms with van der Waals surface area (Å²) >= 11 is 0. The maximum absolute atomic E-state index is 12.5. The lowest BCUT2D eigenvalue weighted by atomic mass is 10.2. The standard InChI is InChI=1S/C15H16N6O2/c1-11-2-7-23-14(11)15(22)20-5-3-19(4-6-20)13-9-16-8-12-17-10-18-21(12)13/h2,7-10H,3-6H2,1H3. The van der Waals surface area contributed by atoms with Gasteiger partial charge in [0.25, 0.3) is 5.91 Å². The van der Waals surface area contributed by atoms with Crippen LogP contribution in [0.1, 0.15) is 16.1 Å². The van der Waals surface area contributed by atoms with E-state index < -0.39 is 0 Å². The van der Waals surface area contributed by atoms with Gasteiger partial charge in [0.15, 0.2) is 17.2 Å². The Labute approximate surface area is 132 Å². The number of aryl methyl sites for hydroxylation is 1. The minimum Gasteiger partial charge on any atom is -0.459 e. The lowest BCUT2D eigenvalue weighted by Crippen LogP contribution is -2.49. The summed E-state index contributed by atoms with van der Waals surface area (Å²) in [6, 6.07) is 1.81. The van der Waals surface area contributed by atoms with Gasteiger partial charge in [-0.25, -0.2) is 4.98 Å². The molecule has 3 aromatic heterocycles. The summed E-state index contributed by atoms with van der Waals surface area (Å²) in [6.45, 7) is 4.57. The first-order valence-corrected chi connectivity index (χ1v) is 7.46. The highest BCUT2D eigenvalue weighted by molar-refractivity contribution is 5.93. The van der Waals surface area contributed by atoms with Crippen molar-refractivity contribution in [3.05, 3.63) is 42.4 Å². The van der Waals surface area contributed by atoms with Crippen LogP contribution in [0.4, 0.5) is 5.82 Å². The Balaban J connectivity index is 1.50. The van der Waals surface area contributed by atoms with Gasteiger partial charge in [0.1, 0.15) is 6.33 Å². The summed E-state index contributed by atoms with van der Waals surface area (Å²) < 4.78 is 7.07. The molecule has 0 saturated carbocycles. The first kappa shape index (κ1) is 13.7. The van der Waals surface area contributed by atoms with Crippen molar-refractivity contribution in [2.45, 2.75) is 6.92 Å². The van der Waals surface area contributed by atoms with Crippen molar-refractivity contribution >= 4 is 17.4 Å². The van der Waals surface area contributed by atoms with Crippen LogP contribution in [0.5, 0.6) is 0 Å². The second-order valence-corrected chi connectivity index (χ2v) is 5.51. The summed E-state index contributed by atoms with van der Waals surface area (Å²) in [4.78, 5) is 24.8. The number of carbonyl (C=O) groups excluding carboxylic acids is 1. The second-order valence-electron chi connectivity index (χ2n) is 5.51.